The number of hydrogen-bond acceptors (Lipinski definition) is 6. The molecule has 0 spiro atoms. The van der Waals surface area contributed by atoms with Gasteiger partial charge in [-0.1, -0.05) is 13.0 Å². The van der Waals surface area contributed by atoms with Gasteiger partial charge >= 0.3 is 6.18 Å². The summed E-state index contributed by atoms with van der Waals surface area (Å²) >= 11 is 0. The summed E-state index contributed by atoms with van der Waals surface area (Å²) in [5, 5.41) is 7.73. The van der Waals surface area contributed by atoms with E-state index in [1.165, 1.54) is 13.0 Å². The highest BCUT2D eigenvalue weighted by Gasteiger charge is 2.60. The second kappa shape index (κ2) is 11.0. The molecule has 48 heavy (non-hydrogen) atoms. The molecular weight excluding hydrogens is 623 g/mol. The van der Waals surface area contributed by atoms with Crippen molar-refractivity contribution in [2.45, 2.75) is 78.7 Å². The minimum absolute atomic E-state index is 0.124. The molecule has 3 atom stereocenters. The first kappa shape index (κ1) is 31.5. The number of rotatable bonds is 6. The number of ketones is 1. The highest BCUT2D eigenvalue weighted by atomic mass is 19.4. The van der Waals surface area contributed by atoms with Crippen molar-refractivity contribution in [3.8, 4) is 11.1 Å². The number of aryl methyl sites for hydroxylation is 3. The number of nitrogens with zero attached hydrogens (tertiary/aromatic N) is 6. The molecule has 2 fully saturated rings. The molecule has 2 aliphatic rings. The third kappa shape index (κ3) is 5.40. The van der Waals surface area contributed by atoms with Crippen molar-refractivity contribution >= 4 is 40.0 Å². The van der Waals surface area contributed by atoms with Gasteiger partial charge in [0, 0.05) is 47.2 Å². The number of halogens is 3. The number of amides is 2. The molecule has 5 aromatic rings. The first-order chi connectivity index (χ1) is 22.6. The van der Waals surface area contributed by atoms with E-state index in [0.717, 1.165) is 46.0 Å². The summed E-state index contributed by atoms with van der Waals surface area (Å²) < 4.78 is 43.6. The van der Waals surface area contributed by atoms with Crippen molar-refractivity contribution in [2.75, 3.05) is 5.32 Å². The number of benzene rings is 1. The normalized spacial score (nSPS) is 20.6. The number of fused-ring (bicyclic) bond motifs is 3. The highest BCUT2D eigenvalue weighted by molar-refractivity contribution is 6.09. The Morgan fingerprint density at radius 2 is 1.81 bits per heavy atom. The number of piperidine rings is 1. The van der Waals surface area contributed by atoms with Gasteiger partial charge in [0.05, 0.1) is 11.2 Å². The summed E-state index contributed by atoms with van der Waals surface area (Å²) in [6, 6.07) is 6.84. The lowest BCUT2D eigenvalue weighted by Crippen LogP contribution is -2.53. The Labute approximate surface area is 274 Å². The minimum atomic E-state index is -4.67. The molecule has 2 amide bonds. The van der Waals surface area contributed by atoms with E-state index in [9.17, 15) is 27.6 Å². The molecule has 1 saturated carbocycles. The topological polar surface area (TPSA) is 114 Å². The number of nitrogens with one attached hydrogen (secondary N) is 1. The van der Waals surface area contributed by atoms with Crippen LogP contribution in [0.5, 0.6) is 0 Å². The van der Waals surface area contributed by atoms with Crippen molar-refractivity contribution in [1.29, 1.82) is 0 Å². The lowest BCUT2D eigenvalue weighted by Gasteiger charge is -2.37. The van der Waals surface area contributed by atoms with Crippen LogP contribution in [0.1, 0.15) is 66.0 Å². The van der Waals surface area contributed by atoms with Gasteiger partial charge in [0.15, 0.2) is 11.4 Å². The highest BCUT2D eigenvalue weighted by Crippen LogP contribution is 2.57. The van der Waals surface area contributed by atoms with Gasteiger partial charge in [-0.2, -0.15) is 18.3 Å². The lowest BCUT2D eigenvalue weighted by molar-refractivity contribution is -0.142. The molecule has 1 aromatic carbocycles. The summed E-state index contributed by atoms with van der Waals surface area (Å²) in [5.41, 5.74) is 4.38. The Bertz CT molecular complexity index is 2170. The first-order valence-corrected chi connectivity index (χ1v) is 15.8. The monoisotopic (exact) mass is 657 g/mol. The number of aromatic nitrogens is 5. The number of likely N-dealkylation sites (tertiary alicyclic amines) is 1. The molecule has 4 aromatic heterocycles. The maximum Gasteiger partial charge on any atom is 0.433 e. The van der Waals surface area contributed by atoms with Gasteiger partial charge < -0.3 is 14.8 Å². The van der Waals surface area contributed by atoms with Crippen molar-refractivity contribution in [3.63, 3.8) is 0 Å². The number of Topliss-reactive ketones (excluding diaryl/α,β-unsaturated/α-hetero) is 1. The summed E-state index contributed by atoms with van der Waals surface area (Å²) in [6.45, 7) is 8.81. The van der Waals surface area contributed by atoms with Crippen LogP contribution in [-0.2, 0) is 22.3 Å². The number of anilines is 1. The van der Waals surface area contributed by atoms with E-state index < -0.39 is 23.8 Å². The molecule has 1 aliphatic heterocycles. The molecule has 7 rings (SSSR count). The summed E-state index contributed by atoms with van der Waals surface area (Å²) in [7, 11) is 0. The third-order valence-electron chi connectivity index (χ3n) is 9.80. The standard InChI is InChI=1S/C35H34F3N7O3/c1-18-6-7-27(35(36,37)38)40-32(18)41-33(48)26-8-9-34(5)13-28(34)45(26)30(47)17-43-16-25(21(4)46)24-12-22(10-19(2)31(24)43)23-14-39-29-11-20(3)42-44(29)15-23/h6-7,10-12,14-16,26,28H,8-9,13,17H2,1-5H3,(H,40,41,48)/t26-,28+,34-/m0/s1. The van der Waals surface area contributed by atoms with Crippen molar-refractivity contribution < 1.29 is 27.6 Å². The predicted octanol–water partition coefficient (Wildman–Crippen LogP) is 6.30. The third-order valence-corrected chi connectivity index (χ3v) is 9.80. The molecule has 1 saturated heterocycles. The van der Waals surface area contributed by atoms with Crippen LogP contribution in [0, 0.1) is 26.2 Å². The smallest absolute Gasteiger partial charge is 0.337 e. The molecule has 1 N–H and O–H groups in total. The van der Waals surface area contributed by atoms with Crippen LogP contribution in [0.3, 0.4) is 0 Å². The second-order valence-electron chi connectivity index (χ2n) is 13.4. The maximum absolute atomic E-state index is 14.2. The zero-order chi connectivity index (χ0) is 34.3. The molecule has 0 radical (unpaired) electrons. The van der Waals surface area contributed by atoms with Crippen LogP contribution in [-0.4, -0.2) is 58.7 Å². The molecule has 13 heteroatoms. The number of alkyl halides is 3. The summed E-state index contributed by atoms with van der Waals surface area (Å²) in [6.07, 6.45) is 2.45. The van der Waals surface area contributed by atoms with Gasteiger partial charge in [0.1, 0.15) is 24.1 Å². The van der Waals surface area contributed by atoms with Crippen LogP contribution in [0.2, 0.25) is 0 Å². The Morgan fingerprint density at radius 1 is 1.04 bits per heavy atom. The van der Waals surface area contributed by atoms with Crippen LogP contribution in [0.25, 0.3) is 27.7 Å². The molecule has 10 nitrogen and oxygen atoms in total. The van der Waals surface area contributed by atoms with E-state index >= 15 is 0 Å². The van der Waals surface area contributed by atoms with Crippen LogP contribution in [0.15, 0.2) is 48.9 Å². The largest absolute Gasteiger partial charge is 0.433 e. The molecule has 1 aliphatic carbocycles. The average molecular weight is 658 g/mol. The van der Waals surface area contributed by atoms with E-state index in [0.29, 0.717) is 29.4 Å². The molecule has 0 unspecified atom stereocenters. The lowest BCUT2D eigenvalue weighted by atomic mass is 9.92. The Hall–Kier alpha value is -5.07. The molecule has 5 heterocycles. The quantitative estimate of drug-likeness (QED) is 0.215. The number of pyridine rings is 1. The fourth-order valence-electron chi connectivity index (χ4n) is 7.13. The van der Waals surface area contributed by atoms with E-state index in [-0.39, 0.29) is 35.5 Å². The van der Waals surface area contributed by atoms with Crippen LogP contribution in [0.4, 0.5) is 19.0 Å². The van der Waals surface area contributed by atoms with Crippen molar-refractivity contribution in [3.05, 3.63) is 77.0 Å². The van der Waals surface area contributed by atoms with Crippen molar-refractivity contribution in [1.82, 2.24) is 29.0 Å². The number of hydrogen-bond donors (Lipinski definition) is 1. The van der Waals surface area contributed by atoms with E-state index in [4.69, 9.17) is 0 Å². The van der Waals surface area contributed by atoms with E-state index in [1.54, 1.807) is 33.3 Å². The van der Waals surface area contributed by atoms with Gasteiger partial charge in [-0.3, -0.25) is 14.4 Å². The second-order valence-corrected chi connectivity index (χ2v) is 13.4. The zero-order valence-electron chi connectivity index (χ0n) is 27.1. The van der Waals surface area contributed by atoms with Crippen LogP contribution < -0.4 is 5.32 Å². The summed E-state index contributed by atoms with van der Waals surface area (Å²) in [5.74, 6) is -1.23. The average Bonchev–Trinajstić information content (AvgIpc) is 3.35. The van der Waals surface area contributed by atoms with Crippen LogP contribution >= 0.6 is 0 Å². The number of carbonyl (C=O) groups is 3. The Morgan fingerprint density at radius 3 is 2.54 bits per heavy atom. The molecule has 0 bridgehead atoms. The fourth-order valence-corrected chi connectivity index (χ4v) is 7.13. The first-order valence-electron chi connectivity index (χ1n) is 15.8. The predicted molar refractivity (Wildman–Crippen MR) is 172 cm³/mol. The van der Waals surface area contributed by atoms with Gasteiger partial charge in [0.2, 0.25) is 11.8 Å². The van der Waals surface area contributed by atoms with E-state index in [1.807, 2.05) is 38.2 Å². The SMILES string of the molecule is CC(=O)c1cn(CC(=O)N2[C@H](C(=O)Nc3nc(C(F)(F)F)ccc3C)CC[C@@]3(C)C[C@@H]23)c2c(C)cc(-c3cnc4cc(C)nn4c3)cc12. The Kier molecular flexibility index (Phi) is 7.22. The van der Waals surface area contributed by atoms with Gasteiger partial charge in [-0.25, -0.2) is 14.5 Å². The zero-order valence-corrected chi connectivity index (χ0v) is 27.1. The maximum atomic E-state index is 14.2. The Balaban J connectivity index is 1.21. The molecule has 248 valence electrons. The van der Waals surface area contributed by atoms with Gasteiger partial charge in [-0.05, 0) is 87.3 Å². The van der Waals surface area contributed by atoms with Crippen molar-refractivity contribution in [2.24, 2.45) is 5.41 Å². The fraction of sp³-hybridized carbons (Fsp3) is 0.371. The van der Waals surface area contributed by atoms with Gasteiger partial charge in [0.25, 0.3) is 0 Å². The van der Waals surface area contributed by atoms with Gasteiger partial charge in [-0.15, -0.1) is 0 Å². The number of carbonyl (C=O) groups excluding carboxylic acids is 3. The summed E-state index contributed by atoms with van der Waals surface area (Å²) in [4.78, 5) is 50.5. The molecular formula is C35H34F3N7O3. The van der Waals surface area contributed by atoms with E-state index in [2.05, 4.69) is 27.3 Å². The minimum Gasteiger partial charge on any atom is -0.337 e.